The molecular formula is C19H28FN3O2. The number of hydrogen-bond donors (Lipinski definition) is 2. The van der Waals surface area contributed by atoms with Crippen molar-refractivity contribution >= 4 is 5.96 Å². The van der Waals surface area contributed by atoms with E-state index < -0.39 is 0 Å². The van der Waals surface area contributed by atoms with Crippen molar-refractivity contribution in [1.29, 1.82) is 0 Å². The molecule has 2 N–H and O–H groups in total. The summed E-state index contributed by atoms with van der Waals surface area (Å²) in [5.41, 5.74) is 1.42. The molecule has 6 heteroatoms. The molecule has 0 bridgehead atoms. The zero-order chi connectivity index (χ0) is 17.9. The first-order chi connectivity index (χ1) is 12.2. The predicted octanol–water partition coefficient (Wildman–Crippen LogP) is 2.88. The molecular weight excluding hydrogens is 321 g/mol. The molecule has 0 radical (unpaired) electrons. The molecule has 0 aromatic heterocycles. The zero-order valence-electron chi connectivity index (χ0n) is 15.1. The number of para-hydroxylation sites is 1. The highest BCUT2D eigenvalue weighted by Gasteiger charge is 2.12. The van der Waals surface area contributed by atoms with Gasteiger partial charge < -0.3 is 20.1 Å². The Labute approximate surface area is 149 Å². The normalized spacial score (nSPS) is 16.1. The summed E-state index contributed by atoms with van der Waals surface area (Å²) in [4.78, 5) is 4.22. The van der Waals surface area contributed by atoms with Crippen molar-refractivity contribution in [1.82, 2.24) is 10.6 Å². The van der Waals surface area contributed by atoms with E-state index in [1.807, 2.05) is 6.92 Å². The van der Waals surface area contributed by atoms with Crippen LogP contribution in [0.15, 0.2) is 40.9 Å². The SMILES string of the molecule is CCC(CNC(=NC)NCCC1=CCOCC1)Oc1ccccc1F. The highest BCUT2D eigenvalue weighted by Crippen LogP contribution is 2.17. The maximum Gasteiger partial charge on any atom is 0.191 e. The average molecular weight is 349 g/mol. The molecule has 0 saturated heterocycles. The summed E-state index contributed by atoms with van der Waals surface area (Å²) < 4.78 is 24.8. The van der Waals surface area contributed by atoms with Gasteiger partial charge in [-0.25, -0.2) is 4.39 Å². The molecule has 1 aromatic rings. The molecule has 1 aromatic carbocycles. The van der Waals surface area contributed by atoms with Gasteiger partial charge in [-0.05, 0) is 31.4 Å². The van der Waals surface area contributed by atoms with E-state index >= 15 is 0 Å². The third kappa shape index (κ3) is 6.74. The number of rotatable bonds is 8. The Bertz CT molecular complexity index is 590. The number of aliphatic imine (C=N–C) groups is 1. The zero-order valence-corrected chi connectivity index (χ0v) is 15.1. The van der Waals surface area contributed by atoms with E-state index in [1.165, 1.54) is 11.6 Å². The smallest absolute Gasteiger partial charge is 0.191 e. The van der Waals surface area contributed by atoms with Gasteiger partial charge in [0.05, 0.1) is 19.8 Å². The highest BCUT2D eigenvalue weighted by molar-refractivity contribution is 5.79. The predicted molar refractivity (Wildman–Crippen MR) is 98.6 cm³/mol. The third-order valence-electron chi connectivity index (χ3n) is 4.10. The summed E-state index contributed by atoms with van der Waals surface area (Å²) in [5, 5.41) is 6.54. The molecule has 25 heavy (non-hydrogen) atoms. The Morgan fingerprint density at radius 2 is 2.20 bits per heavy atom. The maximum absolute atomic E-state index is 13.7. The number of halogens is 1. The number of nitrogens with one attached hydrogen (secondary N) is 2. The number of ether oxygens (including phenoxy) is 2. The lowest BCUT2D eigenvalue weighted by Crippen LogP contribution is -2.42. The molecule has 1 atom stereocenters. The Morgan fingerprint density at radius 3 is 2.88 bits per heavy atom. The molecule has 1 unspecified atom stereocenters. The van der Waals surface area contributed by atoms with E-state index in [9.17, 15) is 4.39 Å². The van der Waals surface area contributed by atoms with Crippen molar-refractivity contribution in [2.75, 3.05) is 33.4 Å². The van der Waals surface area contributed by atoms with E-state index in [4.69, 9.17) is 9.47 Å². The molecule has 0 saturated carbocycles. The molecule has 0 amide bonds. The van der Waals surface area contributed by atoms with Crippen LogP contribution in [0.4, 0.5) is 4.39 Å². The molecule has 1 heterocycles. The van der Waals surface area contributed by atoms with Gasteiger partial charge >= 0.3 is 0 Å². The lowest BCUT2D eigenvalue weighted by molar-refractivity contribution is 0.153. The van der Waals surface area contributed by atoms with Crippen LogP contribution in [0.5, 0.6) is 5.75 Å². The molecule has 0 fully saturated rings. The standard InChI is InChI=1S/C19H28FN3O2/c1-3-16(25-18-7-5-4-6-17(18)20)14-23-19(21-2)22-11-8-15-9-12-24-13-10-15/h4-7,9,16H,3,8,10-14H2,1-2H3,(H2,21,22,23). The summed E-state index contributed by atoms with van der Waals surface area (Å²) in [6, 6.07) is 6.47. The van der Waals surface area contributed by atoms with E-state index in [0.717, 1.165) is 38.4 Å². The Balaban J connectivity index is 1.74. The van der Waals surface area contributed by atoms with Crippen LogP contribution in [-0.2, 0) is 4.74 Å². The van der Waals surface area contributed by atoms with Crippen molar-refractivity contribution in [3.63, 3.8) is 0 Å². The first-order valence-electron chi connectivity index (χ1n) is 8.84. The van der Waals surface area contributed by atoms with Crippen molar-refractivity contribution in [2.24, 2.45) is 4.99 Å². The van der Waals surface area contributed by atoms with Crippen LogP contribution in [-0.4, -0.2) is 45.4 Å². The van der Waals surface area contributed by atoms with Crippen LogP contribution in [0, 0.1) is 5.82 Å². The summed E-state index contributed by atoms with van der Waals surface area (Å²) in [6.45, 7) is 4.91. The molecule has 2 rings (SSSR count). The Hall–Kier alpha value is -2.08. The van der Waals surface area contributed by atoms with Crippen LogP contribution in [0.2, 0.25) is 0 Å². The van der Waals surface area contributed by atoms with Gasteiger partial charge in [-0.2, -0.15) is 0 Å². The van der Waals surface area contributed by atoms with Gasteiger partial charge in [0.1, 0.15) is 6.10 Å². The van der Waals surface area contributed by atoms with E-state index in [2.05, 4.69) is 21.7 Å². The van der Waals surface area contributed by atoms with Crippen LogP contribution in [0.3, 0.4) is 0 Å². The van der Waals surface area contributed by atoms with E-state index in [0.29, 0.717) is 13.2 Å². The molecule has 5 nitrogen and oxygen atoms in total. The number of benzene rings is 1. The summed E-state index contributed by atoms with van der Waals surface area (Å²) in [7, 11) is 1.74. The van der Waals surface area contributed by atoms with Crippen LogP contribution in [0.1, 0.15) is 26.2 Å². The molecule has 1 aliphatic heterocycles. The number of nitrogens with zero attached hydrogens (tertiary/aromatic N) is 1. The maximum atomic E-state index is 13.7. The molecule has 138 valence electrons. The topological polar surface area (TPSA) is 54.9 Å². The van der Waals surface area contributed by atoms with E-state index in [1.54, 1.807) is 25.2 Å². The van der Waals surface area contributed by atoms with E-state index in [-0.39, 0.29) is 17.7 Å². The summed E-state index contributed by atoms with van der Waals surface area (Å²) in [5.74, 6) is 0.669. The quantitative estimate of drug-likeness (QED) is 0.430. The molecule has 1 aliphatic rings. The monoisotopic (exact) mass is 349 g/mol. The minimum Gasteiger partial charge on any atom is -0.486 e. The lowest BCUT2D eigenvalue weighted by Gasteiger charge is -2.20. The third-order valence-corrected chi connectivity index (χ3v) is 4.10. The first kappa shape index (κ1) is 19.2. The van der Waals surface area contributed by atoms with Gasteiger partial charge in [-0.15, -0.1) is 0 Å². The fraction of sp³-hybridized carbons (Fsp3) is 0.526. The highest BCUT2D eigenvalue weighted by atomic mass is 19.1. The molecule has 0 spiro atoms. The largest absolute Gasteiger partial charge is 0.486 e. The number of hydrogen-bond acceptors (Lipinski definition) is 3. The van der Waals surface area contributed by atoms with Crippen LogP contribution < -0.4 is 15.4 Å². The van der Waals surface area contributed by atoms with Gasteiger partial charge in [0.25, 0.3) is 0 Å². The summed E-state index contributed by atoms with van der Waals surface area (Å²) >= 11 is 0. The van der Waals surface area contributed by atoms with Gasteiger partial charge in [-0.1, -0.05) is 30.7 Å². The van der Waals surface area contributed by atoms with Crippen molar-refractivity contribution in [2.45, 2.75) is 32.3 Å². The van der Waals surface area contributed by atoms with Crippen LogP contribution >= 0.6 is 0 Å². The van der Waals surface area contributed by atoms with Crippen molar-refractivity contribution in [3.05, 3.63) is 41.7 Å². The second-order valence-corrected chi connectivity index (χ2v) is 5.90. The second-order valence-electron chi connectivity index (χ2n) is 5.90. The molecule has 0 aliphatic carbocycles. The van der Waals surface area contributed by atoms with Gasteiger partial charge in [0.2, 0.25) is 0 Å². The van der Waals surface area contributed by atoms with Gasteiger partial charge in [0, 0.05) is 13.6 Å². The van der Waals surface area contributed by atoms with Gasteiger partial charge in [0.15, 0.2) is 17.5 Å². The van der Waals surface area contributed by atoms with Crippen LogP contribution in [0.25, 0.3) is 0 Å². The summed E-state index contributed by atoms with van der Waals surface area (Å²) in [6.07, 6.45) is 4.77. The Morgan fingerprint density at radius 1 is 1.36 bits per heavy atom. The number of guanidine groups is 1. The fourth-order valence-corrected chi connectivity index (χ4v) is 2.55. The average Bonchev–Trinajstić information content (AvgIpc) is 2.65. The minimum atomic E-state index is -0.340. The van der Waals surface area contributed by atoms with Gasteiger partial charge in [-0.3, -0.25) is 4.99 Å². The minimum absolute atomic E-state index is 0.131. The lowest BCUT2D eigenvalue weighted by atomic mass is 10.1. The fourth-order valence-electron chi connectivity index (χ4n) is 2.55. The van der Waals surface area contributed by atoms with Crippen molar-refractivity contribution in [3.8, 4) is 5.75 Å². The second kappa shape index (κ2) is 10.7. The van der Waals surface area contributed by atoms with Crippen molar-refractivity contribution < 1.29 is 13.9 Å². The Kier molecular flexibility index (Phi) is 8.25. The first-order valence-corrected chi connectivity index (χ1v) is 8.84.